The molecule has 6 heteroatoms. The molecule has 0 atom stereocenters. The number of halogens is 1. The van der Waals surface area contributed by atoms with Crippen molar-refractivity contribution >= 4 is 23.0 Å². The van der Waals surface area contributed by atoms with Crippen LogP contribution in [0.15, 0.2) is 18.2 Å². The third-order valence-electron chi connectivity index (χ3n) is 2.97. The number of nitrogens with one attached hydrogen (secondary N) is 1. The van der Waals surface area contributed by atoms with Crippen LogP contribution in [0.3, 0.4) is 0 Å². The van der Waals surface area contributed by atoms with Crippen molar-refractivity contribution in [2.45, 2.75) is 18.9 Å². The Bertz CT molecular complexity index is 433. The van der Waals surface area contributed by atoms with Crippen molar-refractivity contribution in [1.29, 1.82) is 0 Å². The Hall–Kier alpha value is -1.33. The molecule has 17 heavy (non-hydrogen) atoms. The minimum atomic E-state index is -0.455. The average molecular weight is 257 g/mol. The van der Waals surface area contributed by atoms with E-state index >= 15 is 0 Å². The third-order valence-corrected chi connectivity index (χ3v) is 3.28. The van der Waals surface area contributed by atoms with E-state index in [2.05, 4.69) is 5.32 Å². The first-order chi connectivity index (χ1) is 8.08. The van der Waals surface area contributed by atoms with Gasteiger partial charge >= 0.3 is 0 Å². The van der Waals surface area contributed by atoms with Crippen LogP contribution in [0.2, 0.25) is 5.02 Å². The molecule has 0 saturated heterocycles. The number of nitro groups is 1. The molecule has 0 unspecified atom stereocenters. The fraction of sp³-hybridized carbons (Fsp3) is 0.455. The van der Waals surface area contributed by atoms with Crippen LogP contribution in [0.1, 0.15) is 12.8 Å². The Balaban J connectivity index is 2.06. The van der Waals surface area contributed by atoms with Crippen molar-refractivity contribution in [1.82, 2.24) is 0 Å². The molecule has 0 bridgehead atoms. The van der Waals surface area contributed by atoms with Crippen LogP contribution in [0, 0.1) is 16.0 Å². The average Bonchev–Trinajstić information content (AvgIpc) is 2.23. The molecule has 5 nitrogen and oxygen atoms in total. The number of rotatable bonds is 4. The van der Waals surface area contributed by atoms with Gasteiger partial charge in [0, 0.05) is 12.6 Å². The second-order valence-electron chi connectivity index (χ2n) is 4.26. The van der Waals surface area contributed by atoms with Crippen molar-refractivity contribution in [2.75, 3.05) is 11.9 Å². The summed E-state index contributed by atoms with van der Waals surface area (Å²) < 4.78 is 0. The van der Waals surface area contributed by atoms with Gasteiger partial charge in [-0.15, -0.1) is 0 Å². The lowest BCUT2D eigenvalue weighted by atomic mass is 9.82. The zero-order valence-corrected chi connectivity index (χ0v) is 9.85. The van der Waals surface area contributed by atoms with E-state index < -0.39 is 4.92 Å². The summed E-state index contributed by atoms with van der Waals surface area (Å²) >= 11 is 5.93. The first kappa shape index (κ1) is 12.1. The number of hydrogen-bond donors (Lipinski definition) is 2. The van der Waals surface area contributed by atoms with Gasteiger partial charge in [0.05, 0.1) is 16.0 Å². The van der Waals surface area contributed by atoms with Crippen LogP contribution in [-0.4, -0.2) is 22.7 Å². The van der Waals surface area contributed by atoms with Gasteiger partial charge in [-0.1, -0.05) is 17.7 Å². The zero-order valence-electron chi connectivity index (χ0n) is 9.10. The highest BCUT2D eigenvalue weighted by Gasteiger charge is 2.27. The molecule has 0 aliphatic heterocycles. The first-order valence-electron chi connectivity index (χ1n) is 5.42. The van der Waals surface area contributed by atoms with Gasteiger partial charge in [-0.3, -0.25) is 10.1 Å². The fourth-order valence-corrected chi connectivity index (χ4v) is 2.19. The molecule has 0 heterocycles. The number of nitrogens with zero attached hydrogens (tertiary/aromatic N) is 1. The molecular weight excluding hydrogens is 244 g/mol. The van der Waals surface area contributed by atoms with Crippen LogP contribution < -0.4 is 5.32 Å². The van der Waals surface area contributed by atoms with Gasteiger partial charge in [-0.2, -0.15) is 0 Å². The summed E-state index contributed by atoms with van der Waals surface area (Å²) in [6, 6.07) is 4.59. The molecule has 0 radical (unpaired) electrons. The van der Waals surface area contributed by atoms with Crippen molar-refractivity contribution in [2.24, 2.45) is 5.92 Å². The van der Waals surface area contributed by atoms with Crippen LogP contribution in [0.4, 0.5) is 11.4 Å². The highest BCUT2D eigenvalue weighted by atomic mass is 35.5. The monoisotopic (exact) mass is 256 g/mol. The van der Waals surface area contributed by atoms with Crippen LogP contribution in [0.25, 0.3) is 0 Å². The largest absolute Gasteiger partial charge is 0.393 e. The number of nitro benzene ring substituents is 1. The summed E-state index contributed by atoms with van der Waals surface area (Å²) in [5.74, 6) is 0.362. The normalized spacial score (nSPS) is 22.9. The van der Waals surface area contributed by atoms with Crippen molar-refractivity contribution in [3.63, 3.8) is 0 Å². The second kappa shape index (κ2) is 4.89. The molecule has 2 rings (SSSR count). The third kappa shape index (κ3) is 2.68. The summed E-state index contributed by atoms with van der Waals surface area (Å²) in [6.07, 6.45) is 1.26. The van der Waals surface area contributed by atoms with Crippen molar-refractivity contribution < 1.29 is 10.0 Å². The maximum Gasteiger partial charge on any atom is 0.293 e. The molecule has 1 saturated carbocycles. The van der Waals surface area contributed by atoms with Gasteiger partial charge in [-0.05, 0) is 24.8 Å². The van der Waals surface area contributed by atoms with Gasteiger partial charge in [0.1, 0.15) is 5.69 Å². The molecule has 1 aliphatic carbocycles. The van der Waals surface area contributed by atoms with Crippen LogP contribution in [-0.2, 0) is 0 Å². The van der Waals surface area contributed by atoms with Gasteiger partial charge in [0.2, 0.25) is 0 Å². The lowest BCUT2D eigenvalue weighted by Gasteiger charge is -2.31. The lowest BCUT2D eigenvalue weighted by molar-refractivity contribution is -0.383. The summed E-state index contributed by atoms with van der Waals surface area (Å²) in [7, 11) is 0. The number of benzene rings is 1. The Morgan fingerprint density at radius 1 is 1.53 bits per heavy atom. The fourth-order valence-electron chi connectivity index (χ4n) is 1.95. The predicted molar refractivity (Wildman–Crippen MR) is 65.3 cm³/mol. The van der Waals surface area contributed by atoms with E-state index in [0.29, 0.717) is 23.2 Å². The molecule has 0 aromatic heterocycles. The SMILES string of the molecule is O=[N+]([O-])c1cccc(Cl)c1NCC1CC(O)C1. The van der Waals surface area contributed by atoms with E-state index in [4.69, 9.17) is 16.7 Å². The highest BCUT2D eigenvalue weighted by Crippen LogP contribution is 2.34. The summed E-state index contributed by atoms with van der Waals surface area (Å²) in [5, 5.41) is 23.3. The molecule has 1 fully saturated rings. The smallest absolute Gasteiger partial charge is 0.293 e. The van der Waals surface area contributed by atoms with Crippen LogP contribution in [0.5, 0.6) is 0 Å². The first-order valence-corrected chi connectivity index (χ1v) is 5.80. The molecule has 1 aromatic carbocycles. The quantitative estimate of drug-likeness (QED) is 0.641. The molecule has 0 spiro atoms. The number of aliphatic hydroxyl groups excluding tert-OH is 1. The van der Waals surface area contributed by atoms with Crippen molar-refractivity contribution in [3.8, 4) is 0 Å². The van der Waals surface area contributed by atoms with Gasteiger partial charge < -0.3 is 10.4 Å². The molecule has 2 N–H and O–H groups in total. The van der Waals surface area contributed by atoms with E-state index in [1.54, 1.807) is 12.1 Å². The van der Waals surface area contributed by atoms with E-state index in [0.717, 1.165) is 12.8 Å². The lowest BCUT2D eigenvalue weighted by Crippen LogP contribution is -2.33. The standard InChI is InChI=1S/C11H13ClN2O3/c12-9-2-1-3-10(14(16)17)11(9)13-6-7-4-8(15)5-7/h1-3,7-8,13,15H,4-6H2. The number of anilines is 1. The molecular formula is C11H13ClN2O3. The summed E-state index contributed by atoms with van der Waals surface area (Å²) in [6.45, 7) is 0.599. The summed E-state index contributed by atoms with van der Waals surface area (Å²) in [4.78, 5) is 10.4. The van der Waals surface area contributed by atoms with Crippen molar-refractivity contribution in [3.05, 3.63) is 33.3 Å². The number of hydrogen-bond acceptors (Lipinski definition) is 4. The zero-order chi connectivity index (χ0) is 12.4. The number of para-hydroxylation sites is 1. The Morgan fingerprint density at radius 2 is 2.24 bits per heavy atom. The van der Waals surface area contributed by atoms with Gasteiger partial charge in [-0.25, -0.2) is 0 Å². The van der Waals surface area contributed by atoms with Gasteiger partial charge in [0.15, 0.2) is 0 Å². The molecule has 1 aromatic rings. The maximum atomic E-state index is 10.8. The Kier molecular flexibility index (Phi) is 3.49. The maximum absolute atomic E-state index is 10.8. The Morgan fingerprint density at radius 3 is 2.82 bits per heavy atom. The minimum absolute atomic E-state index is 0.0163. The van der Waals surface area contributed by atoms with Gasteiger partial charge in [0.25, 0.3) is 5.69 Å². The van der Waals surface area contributed by atoms with E-state index in [1.165, 1.54) is 6.07 Å². The second-order valence-corrected chi connectivity index (χ2v) is 4.67. The van der Waals surface area contributed by atoms with E-state index in [1.807, 2.05) is 0 Å². The predicted octanol–water partition coefficient (Wildman–Crippen LogP) is 2.43. The molecule has 92 valence electrons. The van der Waals surface area contributed by atoms with E-state index in [-0.39, 0.29) is 11.8 Å². The Labute approximate surface area is 104 Å². The van der Waals surface area contributed by atoms with Crippen LogP contribution >= 0.6 is 11.6 Å². The topological polar surface area (TPSA) is 75.4 Å². The minimum Gasteiger partial charge on any atom is -0.393 e. The molecule has 0 amide bonds. The number of aliphatic hydroxyl groups is 1. The summed E-state index contributed by atoms with van der Waals surface area (Å²) in [5.41, 5.74) is 0.345. The molecule has 1 aliphatic rings. The van der Waals surface area contributed by atoms with E-state index in [9.17, 15) is 10.1 Å². The highest BCUT2D eigenvalue weighted by molar-refractivity contribution is 6.33.